The van der Waals surface area contributed by atoms with Crippen LogP contribution >= 0.6 is 0 Å². The van der Waals surface area contributed by atoms with E-state index in [-0.39, 0.29) is 0 Å². The Bertz CT molecular complexity index is 172. The van der Waals surface area contributed by atoms with Crippen LogP contribution in [0.15, 0.2) is 0 Å². The van der Waals surface area contributed by atoms with Crippen molar-refractivity contribution in [3.63, 3.8) is 0 Å². The second-order valence-electron chi connectivity index (χ2n) is 4.62. The van der Waals surface area contributed by atoms with Gasteiger partial charge >= 0.3 is 0 Å². The monoisotopic (exact) mass is 245 g/mol. The highest BCUT2D eigenvalue weighted by molar-refractivity contribution is 4.68. The van der Waals surface area contributed by atoms with Crippen molar-refractivity contribution in [2.75, 3.05) is 40.6 Å². The molecule has 4 nitrogen and oxygen atoms in total. The molecule has 0 bridgehead atoms. The van der Waals surface area contributed by atoms with Gasteiger partial charge in [-0.2, -0.15) is 0 Å². The lowest BCUT2D eigenvalue weighted by atomic mass is 10.1. The summed E-state index contributed by atoms with van der Waals surface area (Å²) in [4.78, 5) is 0. The average Bonchev–Trinajstić information content (AvgIpc) is 2.85. The van der Waals surface area contributed by atoms with Crippen LogP contribution in [-0.4, -0.2) is 52.7 Å². The highest BCUT2D eigenvalue weighted by Crippen LogP contribution is 2.18. The summed E-state index contributed by atoms with van der Waals surface area (Å²) in [6.45, 7) is 3.08. The van der Waals surface area contributed by atoms with Crippen molar-refractivity contribution in [2.45, 2.75) is 44.2 Å². The number of hydrogen-bond donors (Lipinski definition) is 1. The topological polar surface area (TPSA) is 39.7 Å². The SMILES string of the molecule is CNC(CCCC1CCCO1)COCCOC. The molecule has 2 unspecified atom stereocenters. The minimum atomic E-state index is 0.452. The lowest BCUT2D eigenvalue weighted by molar-refractivity contribution is 0.0566. The molecule has 1 fully saturated rings. The van der Waals surface area contributed by atoms with E-state index < -0.39 is 0 Å². The summed E-state index contributed by atoms with van der Waals surface area (Å²) in [6.07, 6.45) is 6.56. The predicted molar refractivity (Wildman–Crippen MR) is 68.4 cm³/mol. The van der Waals surface area contributed by atoms with Crippen LogP contribution in [-0.2, 0) is 14.2 Å². The molecule has 1 heterocycles. The number of rotatable bonds is 10. The van der Waals surface area contributed by atoms with Crippen LogP contribution in [0.4, 0.5) is 0 Å². The van der Waals surface area contributed by atoms with Gasteiger partial charge in [-0.05, 0) is 39.2 Å². The van der Waals surface area contributed by atoms with E-state index in [1.807, 2.05) is 7.05 Å². The number of methoxy groups -OCH3 is 1. The van der Waals surface area contributed by atoms with Gasteiger partial charge in [0.1, 0.15) is 0 Å². The van der Waals surface area contributed by atoms with Crippen molar-refractivity contribution in [1.29, 1.82) is 0 Å². The van der Waals surface area contributed by atoms with E-state index in [2.05, 4.69) is 5.32 Å². The van der Waals surface area contributed by atoms with Gasteiger partial charge in [-0.25, -0.2) is 0 Å². The summed E-state index contributed by atoms with van der Waals surface area (Å²) < 4.78 is 16.1. The van der Waals surface area contributed by atoms with Crippen molar-refractivity contribution in [3.8, 4) is 0 Å². The molecule has 1 aliphatic rings. The van der Waals surface area contributed by atoms with E-state index in [0.717, 1.165) is 19.6 Å². The predicted octanol–water partition coefficient (Wildman–Crippen LogP) is 1.59. The van der Waals surface area contributed by atoms with Gasteiger partial charge in [-0.1, -0.05) is 0 Å². The van der Waals surface area contributed by atoms with Gasteiger partial charge < -0.3 is 19.5 Å². The van der Waals surface area contributed by atoms with E-state index >= 15 is 0 Å². The molecule has 0 aromatic carbocycles. The molecule has 4 heteroatoms. The molecule has 1 rings (SSSR count). The first-order valence-corrected chi connectivity index (χ1v) is 6.72. The third kappa shape index (κ3) is 6.99. The zero-order chi connectivity index (χ0) is 12.3. The van der Waals surface area contributed by atoms with Crippen LogP contribution in [0.2, 0.25) is 0 Å². The first-order chi connectivity index (χ1) is 8.36. The molecule has 102 valence electrons. The zero-order valence-electron chi connectivity index (χ0n) is 11.2. The van der Waals surface area contributed by atoms with Crippen molar-refractivity contribution < 1.29 is 14.2 Å². The molecule has 0 aromatic rings. The molecule has 17 heavy (non-hydrogen) atoms. The van der Waals surface area contributed by atoms with Gasteiger partial charge in [-0.15, -0.1) is 0 Å². The molecule has 0 amide bonds. The van der Waals surface area contributed by atoms with Gasteiger partial charge in [0.05, 0.1) is 25.9 Å². The molecule has 0 aliphatic carbocycles. The molecule has 1 N–H and O–H groups in total. The lowest BCUT2D eigenvalue weighted by Crippen LogP contribution is -2.31. The Morgan fingerprint density at radius 3 is 2.94 bits per heavy atom. The Labute approximate surface area is 105 Å². The molecule has 1 saturated heterocycles. The maximum atomic E-state index is 5.61. The van der Waals surface area contributed by atoms with Crippen LogP contribution in [0.5, 0.6) is 0 Å². The van der Waals surface area contributed by atoms with E-state index in [1.165, 1.54) is 25.7 Å². The standard InChI is InChI=1S/C13H27NO3/c1-14-12(11-16-10-9-15-2)5-3-6-13-7-4-8-17-13/h12-14H,3-11H2,1-2H3. The number of ether oxygens (including phenoxy) is 3. The van der Waals surface area contributed by atoms with Crippen LogP contribution < -0.4 is 5.32 Å². The third-order valence-corrected chi connectivity index (χ3v) is 3.26. The van der Waals surface area contributed by atoms with Gasteiger partial charge in [0.2, 0.25) is 0 Å². The summed E-state index contributed by atoms with van der Waals surface area (Å²) in [5.74, 6) is 0. The molecule has 0 saturated carbocycles. The van der Waals surface area contributed by atoms with Crippen molar-refractivity contribution >= 4 is 0 Å². The molecular formula is C13H27NO3. The average molecular weight is 245 g/mol. The smallest absolute Gasteiger partial charge is 0.0701 e. The molecule has 0 radical (unpaired) electrons. The Kier molecular flexibility index (Phi) is 8.61. The summed E-state index contributed by atoms with van der Waals surface area (Å²) in [5.41, 5.74) is 0. The van der Waals surface area contributed by atoms with Gasteiger partial charge in [0, 0.05) is 19.8 Å². The number of nitrogens with one attached hydrogen (secondary N) is 1. The van der Waals surface area contributed by atoms with E-state index in [9.17, 15) is 0 Å². The fraction of sp³-hybridized carbons (Fsp3) is 1.00. The van der Waals surface area contributed by atoms with Crippen molar-refractivity contribution in [3.05, 3.63) is 0 Å². The Morgan fingerprint density at radius 1 is 1.41 bits per heavy atom. The fourth-order valence-corrected chi connectivity index (χ4v) is 2.14. The van der Waals surface area contributed by atoms with Crippen molar-refractivity contribution in [1.82, 2.24) is 5.32 Å². The molecule has 1 aliphatic heterocycles. The summed E-state index contributed by atoms with van der Waals surface area (Å²) in [5, 5.41) is 3.30. The minimum absolute atomic E-state index is 0.452. The summed E-state index contributed by atoms with van der Waals surface area (Å²) in [6, 6.07) is 0.452. The van der Waals surface area contributed by atoms with Crippen LogP contribution in [0.3, 0.4) is 0 Å². The van der Waals surface area contributed by atoms with Gasteiger partial charge in [0.25, 0.3) is 0 Å². The first kappa shape index (κ1) is 14.9. The maximum Gasteiger partial charge on any atom is 0.0701 e. The Balaban J connectivity index is 1.97. The number of likely N-dealkylation sites (N-methyl/N-ethyl adjacent to an activating group) is 1. The minimum Gasteiger partial charge on any atom is -0.382 e. The highest BCUT2D eigenvalue weighted by Gasteiger charge is 2.15. The highest BCUT2D eigenvalue weighted by atomic mass is 16.5. The van der Waals surface area contributed by atoms with Gasteiger partial charge in [0.15, 0.2) is 0 Å². The van der Waals surface area contributed by atoms with E-state index in [0.29, 0.717) is 25.4 Å². The second kappa shape index (κ2) is 9.83. The summed E-state index contributed by atoms with van der Waals surface area (Å²) >= 11 is 0. The van der Waals surface area contributed by atoms with E-state index in [4.69, 9.17) is 14.2 Å². The van der Waals surface area contributed by atoms with Crippen LogP contribution in [0.1, 0.15) is 32.1 Å². The summed E-state index contributed by atoms with van der Waals surface area (Å²) in [7, 11) is 3.69. The van der Waals surface area contributed by atoms with Crippen LogP contribution in [0, 0.1) is 0 Å². The zero-order valence-corrected chi connectivity index (χ0v) is 11.2. The fourth-order valence-electron chi connectivity index (χ4n) is 2.14. The van der Waals surface area contributed by atoms with Gasteiger partial charge in [-0.3, -0.25) is 0 Å². The van der Waals surface area contributed by atoms with Crippen molar-refractivity contribution in [2.24, 2.45) is 0 Å². The second-order valence-corrected chi connectivity index (χ2v) is 4.62. The van der Waals surface area contributed by atoms with E-state index in [1.54, 1.807) is 7.11 Å². The molecule has 0 aromatic heterocycles. The molecule has 0 spiro atoms. The third-order valence-electron chi connectivity index (χ3n) is 3.26. The normalized spacial score (nSPS) is 21.9. The Hall–Kier alpha value is -0.160. The quantitative estimate of drug-likeness (QED) is 0.593. The first-order valence-electron chi connectivity index (χ1n) is 6.72. The Morgan fingerprint density at radius 2 is 2.29 bits per heavy atom. The van der Waals surface area contributed by atoms with Crippen LogP contribution in [0.25, 0.3) is 0 Å². The lowest BCUT2D eigenvalue weighted by Gasteiger charge is -2.17. The maximum absolute atomic E-state index is 5.61. The molecule has 2 atom stereocenters. The molecular weight excluding hydrogens is 218 g/mol. The number of hydrogen-bond acceptors (Lipinski definition) is 4. The largest absolute Gasteiger partial charge is 0.382 e.